The molecule has 0 radical (unpaired) electrons. The number of hydrogen-bond donors (Lipinski definition) is 3. The normalized spacial score (nSPS) is 12.9. The summed E-state index contributed by atoms with van der Waals surface area (Å²) in [7, 11) is 0. The summed E-state index contributed by atoms with van der Waals surface area (Å²) in [6.07, 6.45) is 63.1. The second kappa shape index (κ2) is 51.7. The molecule has 0 spiro atoms. The minimum Gasteiger partial charge on any atom is -0.466 e. The number of esters is 1. The molecule has 0 aliphatic heterocycles. The van der Waals surface area contributed by atoms with Crippen LogP contribution in [-0.2, 0) is 14.3 Å². The number of amides is 1. The highest BCUT2D eigenvalue weighted by Crippen LogP contribution is 2.16. The van der Waals surface area contributed by atoms with Crippen LogP contribution in [0.4, 0.5) is 0 Å². The lowest BCUT2D eigenvalue weighted by Crippen LogP contribution is -2.45. The Bertz CT molecular complexity index is 1010. The summed E-state index contributed by atoms with van der Waals surface area (Å²) in [5.74, 6) is -0.175. The average molecular weight is 872 g/mol. The third kappa shape index (κ3) is 47.6. The van der Waals surface area contributed by atoms with Gasteiger partial charge in [-0.25, -0.2) is 0 Å². The van der Waals surface area contributed by atoms with Crippen LogP contribution in [0.2, 0.25) is 0 Å². The van der Waals surface area contributed by atoms with E-state index >= 15 is 0 Å². The van der Waals surface area contributed by atoms with Crippen molar-refractivity contribution >= 4 is 11.9 Å². The van der Waals surface area contributed by atoms with Crippen molar-refractivity contribution in [3.05, 3.63) is 36.5 Å². The van der Waals surface area contributed by atoms with Crippen LogP contribution in [0.3, 0.4) is 0 Å². The maximum absolute atomic E-state index is 12.4. The highest BCUT2D eigenvalue weighted by atomic mass is 16.5. The average Bonchev–Trinajstić information content (AvgIpc) is 3.27. The Labute approximate surface area is 385 Å². The summed E-state index contributed by atoms with van der Waals surface area (Å²) in [6, 6.07) is -0.667. The summed E-state index contributed by atoms with van der Waals surface area (Å²) in [4.78, 5) is 24.4. The Morgan fingerprint density at radius 2 is 0.774 bits per heavy atom. The van der Waals surface area contributed by atoms with Crippen molar-refractivity contribution in [2.24, 2.45) is 0 Å². The zero-order valence-corrected chi connectivity index (χ0v) is 41.4. The molecule has 0 aliphatic carbocycles. The van der Waals surface area contributed by atoms with Crippen molar-refractivity contribution < 1.29 is 24.5 Å². The van der Waals surface area contributed by atoms with E-state index in [2.05, 4.69) is 43.5 Å². The fraction of sp³-hybridized carbons (Fsp3) is 0.857. The molecule has 62 heavy (non-hydrogen) atoms. The van der Waals surface area contributed by atoms with Gasteiger partial charge in [0.2, 0.25) is 5.91 Å². The first-order valence-corrected chi connectivity index (χ1v) is 27.3. The second-order valence-electron chi connectivity index (χ2n) is 18.5. The van der Waals surface area contributed by atoms with Gasteiger partial charge in [-0.1, -0.05) is 230 Å². The molecule has 0 bridgehead atoms. The van der Waals surface area contributed by atoms with Gasteiger partial charge in [0.05, 0.1) is 25.4 Å². The summed E-state index contributed by atoms with van der Waals surface area (Å²) in [5.41, 5.74) is 0. The van der Waals surface area contributed by atoms with Gasteiger partial charge in [-0.15, -0.1) is 0 Å². The van der Waals surface area contributed by atoms with Crippen LogP contribution in [0.1, 0.15) is 284 Å². The number of carbonyl (C=O) groups excluding carboxylic acids is 2. The molecular weight excluding hydrogens is 767 g/mol. The Morgan fingerprint density at radius 3 is 1.19 bits per heavy atom. The van der Waals surface area contributed by atoms with Gasteiger partial charge in [0.25, 0.3) is 0 Å². The predicted octanol–water partition coefficient (Wildman–Crippen LogP) is 16.5. The standard InChI is InChI=1S/C56H105NO5/c1-3-5-7-9-11-13-15-17-18-19-20-21-22-23-24-25-26-28-29-32-36-40-44-48-54(59)53(52-58)57-55(60)49-45-41-37-33-31-35-39-43-47-51-62-56(61)50-46-42-38-34-30-27-16-14-12-10-8-6-4-2/h14,16,33,37,44,48,53-54,58-59H,3-13,15,17-32,34-36,38-43,45-47,49-52H2,1-2H3,(H,57,60)/b16-14-,37-33-,48-44+. The molecule has 0 saturated heterocycles. The Hall–Kier alpha value is -1.92. The summed E-state index contributed by atoms with van der Waals surface area (Å²) in [6.45, 7) is 4.80. The van der Waals surface area contributed by atoms with E-state index in [-0.39, 0.29) is 18.5 Å². The number of unbranched alkanes of at least 4 members (excludes halogenated alkanes) is 35. The minimum absolute atomic E-state index is 0.0472. The van der Waals surface area contributed by atoms with Crippen LogP contribution in [0.25, 0.3) is 0 Å². The molecule has 2 atom stereocenters. The number of rotatable bonds is 50. The smallest absolute Gasteiger partial charge is 0.305 e. The molecule has 0 saturated carbocycles. The van der Waals surface area contributed by atoms with Crippen molar-refractivity contribution in [3.63, 3.8) is 0 Å². The van der Waals surface area contributed by atoms with Gasteiger partial charge in [-0.3, -0.25) is 9.59 Å². The number of hydrogen-bond acceptors (Lipinski definition) is 5. The van der Waals surface area contributed by atoms with E-state index in [0.717, 1.165) is 70.6 Å². The summed E-state index contributed by atoms with van der Waals surface area (Å²) < 4.78 is 5.43. The molecular formula is C56H105NO5. The molecule has 364 valence electrons. The first-order valence-electron chi connectivity index (χ1n) is 27.3. The Balaban J connectivity index is 3.57. The Kier molecular flexibility index (Phi) is 50.1. The van der Waals surface area contributed by atoms with E-state index < -0.39 is 12.1 Å². The Morgan fingerprint density at radius 1 is 0.435 bits per heavy atom. The number of aliphatic hydroxyl groups excluding tert-OH is 2. The van der Waals surface area contributed by atoms with Crippen LogP contribution in [-0.4, -0.2) is 47.4 Å². The molecule has 1 amide bonds. The van der Waals surface area contributed by atoms with Gasteiger partial charge in [-0.05, 0) is 77.0 Å². The highest BCUT2D eigenvalue weighted by Gasteiger charge is 2.17. The molecule has 2 unspecified atom stereocenters. The van der Waals surface area contributed by atoms with Crippen molar-refractivity contribution in [3.8, 4) is 0 Å². The van der Waals surface area contributed by atoms with E-state index in [1.165, 1.54) is 186 Å². The van der Waals surface area contributed by atoms with E-state index in [9.17, 15) is 19.8 Å². The molecule has 0 aromatic heterocycles. The van der Waals surface area contributed by atoms with Gasteiger partial charge in [0.1, 0.15) is 0 Å². The summed E-state index contributed by atoms with van der Waals surface area (Å²) >= 11 is 0. The van der Waals surface area contributed by atoms with Gasteiger partial charge >= 0.3 is 5.97 Å². The van der Waals surface area contributed by atoms with Gasteiger partial charge in [0.15, 0.2) is 0 Å². The van der Waals surface area contributed by atoms with Gasteiger partial charge in [0, 0.05) is 12.8 Å². The van der Waals surface area contributed by atoms with Crippen LogP contribution >= 0.6 is 0 Å². The van der Waals surface area contributed by atoms with Crippen molar-refractivity contribution in [1.82, 2.24) is 5.32 Å². The third-order valence-electron chi connectivity index (χ3n) is 12.4. The van der Waals surface area contributed by atoms with E-state index in [1.807, 2.05) is 6.08 Å². The SMILES string of the molecule is CCCCCC/C=C\CCCCCCCC(=O)OCCCCCC/C=C\CCCC(=O)NC(CO)C(O)/C=C/CCCCCCCCCCCCCCCCCCCCCCC. The second-order valence-corrected chi connectivity index (χ2v) is 18.5. The van der Waals surface area contributed by atoms with Crippen molar-refractivity contribution in [2.45, 2.75) is 296 Å². The topological polar surface area (TPSA) is 95.9 Å². The van der Waals surface area contributed by atoms with Gasteiger partial charge in [-0.2, -0.15) is 0 Å². The lowest BCUT2D eigenvalue weighted by Gasteiger charge is -2.19. The first-order chi connectivity index (χ1) is 30.5. The van der Waals surface area contributed by atoms with Crippen LogP contribution < -0.4 is 5.32 Å². The summed E-state index contributed by atoms with van der Waals surface area (Å²) in [5, 5.41) is 23.1. The van der Waals surface area contributed by atoms with Crippen LogP contribution in [0.5, 0.6) is 0 Å². The molecule has 0 fully saturated rings. The predicted molar refractivity (Wildman–Crippen MR) is 269 cm³/mol. The van der Waals surface area contributed by atoms with Crippen molar-refractivity contribution in [1.29, 1.82) is 0 Å². The number of allylic oxidation sites excluding steroid dienone is 5. The number of carbonyl (C=O) groups is 2. The highest BCUT2D eigenvalue weighted by molar-refractivity contribution is 5.76. The zero-order valence-electron chi connectivity index (χ0n) is 41.4. The molecule has 3 N–H and O–H groups in total. The van der Waals surface area contributed by atoms with Gasteiger partial charge < -0.3 is 20.3 Å². The van der Waals surface area contributed by atoms with Crippen LogP contribution in [0.15, 0.2) is 36.5 Å². The number of aliphatic hydroxyl groups is 2. The first kappa shape index (κ1) is 60.1. The molecule has 0 aromatic carbocycles. The van der Waals surface area contributed by atoms with E-state index in [4.69, 9.17) is 4.74 Å². The molecule has 0 rings (SSSR count). The number of ether oxygens (including phenoxy) is 1. The molecule has 0 aliphatic rings. The number of nitrogens with one attached hydrogen (secondary N) is 1. The molecule has 0 aromatic rings. The van der Waals surface area contributed by atoms with Crippen molar-refractivity contribution in [2.75, 3.05) is 13.2 Å². The third-order valence-corrected chi connectivity index (χ3v) is 12.4. The monoisotopic (exact) mass is 872 g/mol. The zero-order chi connectivity index (χ0) is 45.1. The molecule has 0 heterocycles. The fourth-order valence-corrected chi connectivity index (χ4v) is 8.16. The van der Waals surface area contributed by atoms with E-state index in [0.29, 0.717) is 19.4 Å². The fourth-order valence-electron chi connectivity index (χ4n) is 8.16. The molecule has 6 nitrogen and oxygen atoms in total. The quantitative estimate of drug-likeness (QED) is 0.0321. The molecule has 6 heteroatoms. The van der Waals surface area contributed by atoms with E-state index in [1.54, 1.807) is 6.08 Å². The maximum atomic E-state index is 12.4. The maximum Gasteiger partial charge on any atom is 0.305 e. The minimum atomic E-state index is -0.877. The lowest BCUT2D eigenvalue weighted by atomic mass is 10.0. The lowest BCUT2D eigenvalue weighted by molar-refractivity contribution is -0.143. The largest absolute Gasteiger partial charge is 0.466 e. The van der Waals surface area contributed by atoms with Crippen LogP contribution in [0, 0.1) is 0 Å².